The zero-order valence-corrected chi connectivity index (χ0v) is 37.1. The van der Waals surface area contributed by atoms with Crippen LogP contribution >= 0.6 is 0 Å². The van der Waals surface area contributed by atoms with Gasteiger partial charge in [-0.25, -0.2) is 0 Å². The van der Waals surface area contributed by atoms with Crippen LogP contribution in [0.3, 0.4) is 0 Å². The second-order valence-corrected chi connectivity index (χ2v) is 21.4. The molecule has 4 heterocycles. The van der Waals surface area contributed by atoms with Crippen LogP contribution in [-0.4, -0.2) is 6.71 Å². The van der Waals surface area contributed by atoms with Gasteiger partial charge in [0.05, 0.1) is 17.0 Å². The first-order chi connectivity index (χ1) is 28.4. The highest BCUT2D eigenvalue weighted by Crippen LogP contribution is 2.52. The predicted octanol–water partition coefficient (Wildman–Crippen LogP) is 13.7. The molecule has 5 heteroatoms. The van der Waals surface area contributed by atoms with Crippen LogP contribution in [0.4, 0.5) is 34.1 Å². The van der Waals surface area contributed by atoms with Gasteiger partial charge in [0.15, 0.2) is 5.58 Å². The number of furan rings is 2. The van der Waals surface area contributed by atoms with Crippen molar-refractivity contribution in [2.24, 2.45) is 0 Å². The van der Waals surface area contributed by atoms with Gasteiger partial charge in [0.1, 0.15) is 11.2 Å². The van der Waals surface area contributed by atoms with Crippen molar-refractivity contribution in [2.75, 3.05) is 9.80 Å². The fourth-order valence-electron chi connectivity index (χ4n) is 10.7. The summed E-state index contributed by atoms with van der Waals surface area (Å²) >= 11 is 0. The first kappa shape index (κ1) is 37.3. The molecule has 1 aliphatic carbocycles. The van der Waals surface area contributed by atoms with Crippen molar-refractivity contribution < 1.29 is 8.83 Å². The van der Waals surface area contributed by atoms with E-state index in [0.717, 1.165) is 68.5 Å². The van der Waals surface area contributed by atoms with Gasteiger partial charge < -0.3 is 18.6 Å². The van der Waals surface area contributed by atoms with Crippen molar-refractivity contribution in [3.63, 3.8) is 0 Å². The van der Waals surface area contributed by atoms with Gasteiger partial charge in [-0.2, -0.15) is 0 Å². The van der Waals surface area contributed by atoms with Crippen molar-refractivity contribution in [1.82, 2.24) is 0 Å². The summed E-state index contributed by atoms with van der Waals surface area (Å²) in [5.41, 5.74) is 19.9. The summed E-state index contributed by atoms with van der Waals surface area (Å²) in [7, 11) is 0. The molecule has 6 aromatic carbocycles. The van der Waals surface area contributed by atoms with Crippen LogP contribution in [0.1, 0.15) is 110 Å². The van der Waals surface area contributed by atoms with E-state index in [1.165, 1.54) is 55.8 Å². The number of fused-ring (bicyclic) bond motifs is 10. The Morgan fingerprint density at radius 2 is 1.17 bits per heavy atom. The number of nitrogens with zero attached hydrogens (tertiary/aromatic N) is 2. The lowest BCUT2D eigenvalue weighted by molar-refractivity contribution is 0.332. The molecule has 0 radical (unpaired) electrons. The van der Waals surface area contributed by atoms with Crippen molar-refractivity contribution >= 4 is 90.3 Å². The Morgan fingerprint density at radius 1 is 0.550 bits per heavy atom. The SMILES string of the molecule is Cc1cc2c3c(c1)N(c1cccc4c1oc1ccccc14)c1cc4c(cc1B3c1oc3ccc(C(C)(C)C)cc3c1N2c1ccc(C(C)(C)C)cc1)C(C)(C)CCC4(C)C. The van der Waals surface area contributed by atoms with E-state index in [1.54, 1.807) is 0 Å². The van der Waals surface area contributed by atoms with Gasteiger partial charge in [0, 0.05) is 38.9 Å². The van der Waals surface area contributed by atoms with Crippen molar-refractivity contribution in [3.8, 4) is 0 Å². The first-order valence-electron chi connectivity index (χ1n) is 21.9. The van der Waals surface area contributed by atoms with Crippen LogP contribution in [-0.2, 0) is 21.7 Å². The minimum atomic E-state index is -0.131. The summed E-state index contributed by atoms with van der Waals surface area (Å²) in [6.45, 7) is 25.6. The molecule has 2 aromatic heterocycles. The Kier molecular flexibility index (Phi) is 7.60. The molecule has 0 unspecified atom stereocenters. The third-order valence-electron chi connectivity index (χ3n) is 14.3. The summed E-state index contributed by atoms with van der Waals surface area (Å²) in [6.07, 6.45) is 2.28. The third-order valence-corrected chi connectivity index (χ3v) is 14.3. The lowest BCUT2D eigenvalue weighted by Crippen LogP contribution is -2.61. The zero-order chi connectivity index (χ0) is 41.8. The summed E-state index contributed by atoms with van der Waals surface area (Å²) in [6, 6.07) is 41.2. The molecule has 4 nitrogen and oxygen atoms in total. The van der Waals surface area contributed by atoms with Gasteiger partial charge >= 0.3 is 0 Å². The Balaban J connectivity index is 1.28. The number of benzene rings is 6. The van der Waals surface area contributed by atoms with Crippen LogP contribution in [0.25, 0.3) is 32.9 Å². The van der Waals surface area contributed by atoms with Crippen molar-refractivity contribution in [1.29, 1.82) is 0 Å². The molecule has 0 spiro atoms. The fourth-order valence-corrected chi connectivity index (χ4v) is 10.7. The van der Waals surface area contributed by atoms with Crippen LogP contribution in [0.2, 0.25) is 0 Å². The van der Waals surface area contributed by atoms with Gasteiger partial charge in [-0.3, -0.25) is 0 Å². The van der Waals surface area contributed by atoms with E-state index in [9.17, 15) is 0 Å². The standard InChI is InChI=1S/C55H55BN2O2/c1-32-27-44-48-45(28-32)58(42-17-14-16-37-36-15-12-13-18-46(36)59-50(37)42)43-31-40-39(54(8,9)25-26-55(40,10)11)30-41(43)56(48)51-49(38-29-34(53(5,6)7)21-24-47(38)60-51)57(44)35-22-19-33(20-23-35)52(2,3)4/h12-24,27-31H,25-26H2,1-11H3. The van der Waals surface area contributed by atoms with E-state index in [2.05, 4.69) is 195 Å². The molecule has 11 rings (SSSR count). The van der Waals surface area contributed by atoms with E-state index < -0.39 is 0 Å². The molecular weight excluding hydrogens is 731 g/mol. The van der Waals surface area contributed by atoms with E-state index in [1.807, 2.05) is 0 Å². The van der Waals surface area contributed by atoms with Crippen LogP contribution in [0.15, 0.2) is 118 Å². The molecule has 0 saturated heterocycles. The second-order valence-electron chi connectivity index (χ2n) is 21.4. The predicted molar refractivity (Wildman–Crippen MR) is 255 cm³/mol. The van der Waals surface area contributed by atoms with E-state index in [0.29, 0.717) is 0 Å². The van der Waals surface area contributed by atoms with E-state index in [-0.39, 0.29) is 28.4 Å². The number of aryl methyl sites for hydroxylation is 1. The minimum Gasteiger partial charge on any atom is -0.468 e. The number of hydrogen-bond donors (Lipinski definition) is 0. The summed E-state index contributed by atoms with van der Waals surface area (Å²) in [5.74, 6) is 0. The number of hydrogen-bond acceptors (Lipinski definition) is 4. The Bertz CT molecular complexity index is 3090. The van der Waals surface area contributed by atoms with Crippen LogP contribution < -0.4 is 26.4 Å². The molecule has 0 amide bonds. The van der Waals surface area contributed by atoms with Crippen molar-refractivity contribution in [3.05, 3.63) is 137 Å². The second kappa shape index (κ2) is 12.2. The minimum absolute atomic E-state index is 0.0193. The summed E-state index contributed by atoms with van der Waals surface area (Å²) < 4.78 is 14.2. The van der Waals surface area contributed by atoms with Crippen LogP contribution in [0.5, 0.6) is 0 Å². The van der Waals surface area contributed by atoms with Gasteiger partial charge in [-0.1, -0.05) is 124 Å². The van der Waals surface area contributed by atoms with Gasteiger partial charge in [0.2, 0.25) is 0 Å². The highest BCUT2D eigenvalue weighted by atomic mass is 16.3. The average molecular weight is 787 g/mol. The van der Waals surface area contributed by atoms with E-state index in [4.69, 9.17) is 8.83 Å². The zero-order valence-electron chi connectivity index (χ0n) is 37.1. The Morgan fingerprint density at radius 3 is 1.87 bits per heavy atom. The Hall–Kier alpha value is -5.68. The normalized spacial score (nSPS) is 16.6. The van der Waals surface area contributed by atoms with Gasteiger partial charge in [-0.05, 0) is 135 Å². The van der Waals surface area contributed by atoms with Crippen LogP contribution in [0, 0.1) is 6.92 Å². The van der Waals surface area contributed by atoms with Gasteiger partial charge in [-0.15, -0.1) is 0 Å². The molecule has 8 aromatic rings. The third kappa shape index (κ3) is 5.30. The van der Waals surface area contributed by atoms with Crippen molar-refractivity contribution in [2.45, 2.75) is 111 Å². The van der Waals surface area contributed by atoms with E-state index >= 15 is 0 Å². The molecule has 60 heavy (non-hydrogen) atoms. The number of para-hydroxylation sites is 2. The fraction of sp³-hybridized carbons (Fsp3) is 0.309. The largest absolute Gasteiger partial charge is 0.468 e. The maximum atomic E-state index is 7.33. The topological polar surface area (TPSA) is 32.8 Å². The molecule has 3 aliphatic rings. The lowest BCUT2D eigenvalue weighted by atomic mass is 9.35. The lowest BCUT2D eigenvalue weighted by Gasteiger charge is -2.46. The monoisotopic (exact) mass is 786 g/mol. The molecule has 0 atom stereocenters. The molecule has 300 valence electrons. The molecule has 0 fully saturated rings. The smallest absolute Gasteiger partial charge is 0.297 e. The number of rotatable bonds is 2. The first-order valence-corrected chi connectivity index (χ1v) is 21.9. The highest BCUT2D eigenvalue weighted by Gasteiger charge is 2.49. The molecule has 2 aliphatic heterocycles. The maximum absolute atomic E-state index is 7.33. The Labute approximate surface area is 355 Å². The average Bonchev–Trinajstić information content (AvgIpc) is 3.77. The van der Waals surface area contributed by atoms with Gasteiger partial charge in [0.25, 0.3) is 6.71 Å². The summed E-state index contributed by atoms with van der Waals surface area (Å²) in [4.78, 5) is 5.05. The molecule has 0 bridgehead atoms. The maximum Gasteiger partial charge on any atom is 0.297 e. The quantitative estimate of drug-likeness (QED) is 0.163. The molecule has 0 N–H and O–H groups in total. The molecule has 0 saturated carbocycles. The highest BCUT2D eigenvalue weighted by molar-refractivity contribution is 7.00. The molecular formula is C55H55BN2O2. The number of anilines is 6. The summed E-state index contributed by atoms with van der Waals surface area (Å²) in [5, 5.41) is 3.42.